The lowest BCUT2D eigenvalue weighted by Crippen LogP contribution is -2.47. The topological polar surface area (TPSA) is 183 Å². The molecule has 2 aromatic heterocycles. The number of H-pyrrole nitrogens is 1. The maximum Gasteiger partial charge on any atom is 0.328 e. The third-order valence-corrected chi connectivity index (χ3v) is 8.78. The summed E-state index contributed by atoms with van der Waals surface area (Å²) in [5.41, 5.74) is 4.37. The minimum atomic E-state index is -1.45. The third kappa shape index (κ3) is 11.7. The number of aromatic nitrogens is 2. The Labute approximate surface area is 295 Å². The Bertz CT molecular complexity index is 1720. The first kappa shape index (κ1) is 37.5. The van der Waals surface area contributed by atoms with Gasteiger partial charge in [-0.25, -0.2) is 9.78 Å². The summed E-state index contributed by atoms with van der Waals surface area (Å²) < 4.78 is 5.57. The van der Waals surface area contributed by atoms with Crippen LogP contribution in [-0.4, -0.2) is 76.2 Å². The summed E-state index contributed by atoms with van der Waals surface area (Å²) in [5, 5.41) is 26.1. The van der Waals surface area contributed by atoms with Crippen LogP contribution in [0.15, 0.2) is 72.9 Å². The van der Waals surface area contributed by atoms with Gasteiger partial charge in [0.15, 0.2) is 6.61 Å². The molecule has 2 heterocycles. The van der Waals surface area contributed by atoms with Gasteiger partial charge in [-0.3, -0.25) is 14.4 Å². The number of benzene rings is 2. The van der Waals surface area contributed by atoms with E-state index in [4.69, 9.17) is 19.9 Å². The first-order valence-corrected chi connectivity index (χ1v) is 17.4. The Morgan fingerprint density at radius 1 is 0.920 bits per heavy atom. The van der Waals surface area contributed by atoms with Crippen molar-refractivity contribution in [2.45, 2.75) is 51.5 Å². The number of rotatable bonds is 20. The number of ether oxygens (including phenoxy) is 1. The zero-order chi connectivity index (χ0) is 35.7. The van der Waals surface area contributed by atoms with Crippen molar-refractivity contribution in [2.75, 3.05) is 26.3 Å². The highest BCUT2D eigenvalue weighted by Crippen LogP contribution is 2.40. The summed E-state index contributed by atoms with van der Waals surface area (Å²) >= 11 is 1.55. The van der Waals surface area contributed by atoms with E-state index < -0.39 is 37.0 Å². The van der Waals surface area contributed by atoms with Crippen LogP contribution in [0.1, 0.15) is 51.0 Å². The second-order valence-corrected chi connectivity index (χ2v) is 12.5. The van der Waals surface area contributed by atoms with Gasteiger partial charge in [-0.05, 0) is 60.0 Å². The number of carbonyl (C=O) groups is 4. The number of amides is 3. The van der Waals surface area contributed by atoms with Gasteiger partial charge >= 0.3 is 5.97 Å². The number of aliphatic carboxylic acids is 1. The van der Waals surface area contributed by atoms with E-state index in [0.29, 0.717) is 12.3 Å². The number of nitrogens with zero attached hydrogens (tertiary/aromatic N) is 1. The Morgan fingerprint density at radius 3 is 2.32 bits per heavy atom. The van der Waals surface area contributed by atoms with E-state index in [0.717, 1.165) is 50.8 Å². The predicted molar refractivity (Wildman–Crippen MR) is 193 cm³/mol. The standard InChI is InChI=1S/C37H43N5O7S/c1-2-3-4-5-6-7-20-39-31(44)19-12-25-10-13-27(14-11-25)35-34(42-36(50-35)29-9-8-21-38-29)26-15-17-28(18-16-26)49-24-33(46)40-22-32(45)41-30(23-43)37(47)48/h8-19,21,30,38,43H,2-7,20,22-24H2,1H3,(H,39,44)(H,40,46)(H,41,45)(H,47,48)/b19-12+. The molecule has 0 spiro atoms. The van der Waals surface area contributed by atoms with Crippen LogP contribution in [0.2, 0.25) is 0 Å². The molecule has 3 amide bonds. The number of unbranched alkanes of at least 4 members (excludes halogenated alkanes) is 5. The van der Waals surface area contributed by atoms with E-state index in [-0.39, 0.29) is 12.5 Å². The number of hydrogen-bond donors (Lipinski definition) is 6. The van der Waals surface area contributed by atoms with Crippen molar-refractivity contribution in [2.24, 2.45) is 0 Å². The van der Waals surface area contributed by atoms with Crippen LogP contribution < -0.4 is 20.7 Å². The summed E-state index contributed by atoms with van der Waals surface area (Å²) in [5.74, 6) is -2.40. The van der Waals surface area contributed by atoms with Crippen molar-refractivity contribution in [3.8, 4) is 38.1 Å². The van der Waals surface area contributed by atoms with E-state index in [1.807, 2.05) is 54.7 Å². The molecule has 13 heteroatoms. The molecule has 0 fully saturated rings. The number of carboxylic acid groups (broad SMARTS) is 1. The largest absolute Gasteiger partial charge is 0.484 e. The zero-order valence-corrected chi connectivity index (χ0v) is 28.8. The molecular weight excluding hydrogens is 659 g/mol. The highest BCUT2D eigenvalue weighted by Gasteiger charge is 2.19. The van der Waals surface area contributed by atoms with Crippen molar-refractivity contribution in [3.63, 3.8) is 0 Å². The fraction of sp³-hybridized carbons (Fsp3) is 0.324. The van der Waals surface area contributed by atoms with Crippen LogP contribution >= 0.6 is 11.3 Å². The molecule has 0 aliphatic heterocycles. The van der Waals surface area contributed by atoms with Gasteiger partial charge in [0.1, 0.15) is 16.8 Å². The highest BCUT2D eigenvalue weighted by atomic mass is 32.1. The van der Waals surface area contributed by atoms with Crippen molar-refractivity contribution in [3.05, 3.63) is 78.5 Å². The van der Waals surface area contributed by atoms with Crippen molar-refractivity contribution in [1.29, 1.82) is 0 Å². The molecule has 1 unspecified atom stereocenters. The van der Waals surface area contributed by atoms with Gasteiger partial charge in [-0.1, -0.05) is 63.3 Å². The first-order chi connectivity index (χ1) is 24.3. The zero-order valence-electron chi connectivity index (χ0n) is 27.9. The van der Waals surface area contributed by atoms with Gasteiger partial charge in [0.05, 0.1) is 29.4 Å². The van der Waals surface area contributed by atoms with Gasteiger partial charge in [-0.2, -0.15) is 0 Å². The highest BCUT2D eigenvalue weighted by molar-refractivity contribution is 7.18. The number of carboxylic acids is 1. The molecule has 0 radical (unpaired) electrons. The number of aliphatic hydroxyl groups excluding tert-OH is 1. The summed E-state index contributed by atoms with van der Waals surface area (Å²) in [4.78, 5) is 56.4. The number of aromatic amines is 1. The Hall–Kier alpha value is -5.27. The van der Waals surface area contributed by atoms with Crippen molar-refractivity contribution in [1.82, 2.24) is 25.9 Å². The van der Waals surface area contributed by atoms with E-state index >= 15 is 0 Å². The van der Waals surface area contributed by atoms with E-state index in [1.165, 1.54) is 25.7 Å². The predicted octanol–water partition coefficient (Wildman–Crippen LogP) is 5.02. The van der Waals surface area contributed by atoms with Crippen LogP contribution in [0.5, 0.6) is 5.75 Å². The van der Waals surface area contributed by atoms with Crippen molar-refractivity contribution < 1.29 is 34.1 Å². The number of aliphatic hydroxyl groups is 1. The maximum absolute atomic E-state index is 12.3. The van der Waals surface area contributed by atoms with Gasteiger partial charge in [0.2, 0.25) is 11.8 Å². The lowest BCUT2D eigenvalue weighted by Gasteiger charge is -2.12. The Kier molecular flexibility index (Phi) is 14.8. The average Bonchev–Trinajstić information content (AvgIpc) is 3.82. The smallest absolute Gasteiger partial charge is 0.328 e. The number of hydrogen-bond acceptors (Lipinski definition) is 8. The van der Waals surface area contributed by atoms with Crippen molar-refractivity contribution >= 4 is 41.1 Å². The molecule has 0 aliphatic carbocycles. The molecule has 12 nitrogen and oxygen atoms in total. The molecule has 1 atom stereocenters. The lowest BCUT2D eigenvalue weighted by molar-refractivity contribution is -0.142. The number of nitrogens with one attached hydrogen (secondary N) is 4. The van der Waals surface area contributed by atoms with Gasteiger partial charge in [0, 0.05) is 24.4 Å². The Balaban J connectivity index is 1.36. The van der Waals surface area contributed by atoms with Crippen LogP contribution in [0, 0.1) is 0 Å². The molecule has 0 saturated carbocycles. The van der Waals surface area contributed by atoms with Gasteiger partial charge < -0.3 is 35.9 Å². The molecule has 6 N–H and O–H groups in total. The minimum absolute atomic E-state index is 0.103. The fourth-order valence-electron chi connectivity index (χ4n) is 4.90. The molecule has 50 heavy (non-hydrogen) atoms. The van der Waals surface area contributed by atoms with E-state index in [9.17, 15) is 19.2 Å². The number of thiazole rings is 1. The summed E-state index contributed by atoms with van der Waals surface area (Å²) in [6, 6.07) is 17.5. The SMILES string of the molecule is CCCCCCCCNC(=O)/C=C/c1ccc(-c2sc(-c3ccc[nH]3)nc2-c2ccc(OCC(=O)NCC(=O)NC(CO)C(=O)O)cc2)cc1. The molecule has 264 valence electrons. The van der Waals surface area contributed by atoms with E-state index in [2.05, 4.69) is 27.9 Å². The molecule has 0 bridgehead atoms. The summed E-state index contributed by atoms with van der Waals surface area (Å²) in [6.07, 6.45) is 12.3. The molecule has 4 rings (SSSR count). The second kappa shape index (κ2) is 19.7. The first-order valence-electron chi connectivity index (χ1n) is 16.6. The monoisotopic (exact) mass is 701 g/mol. The Morgan fingerprint density at radius 2 is 1.64 bits per heavy atom. The molecule has 0 aliphatic rings. The maximum atomic E-state index is 12.3. The molecule has 0 saturated heterocycles. The number of carbonyl (C=O) groups excluding carboxylic acids is 3. The van der Waals surface area contributed by atoms with Crippen LogP contribution in [0.4, 0.5) is 0 Å². The van der Waals surface area contributed by atoms with Crippen LogP contribution in [0.25, 0.3) is 38.5 Å². The quantitative estimate of drug-likeness (QED) is 0.0549. The normalized spacial score (nSPS) is 11.6. The summed E-state index contributed by atoms with van der Waals surface area (Å²) in [6.45, 7) is 1.28. The fourth-order valence-corrected chi connectivity index (χ4v) is 5.98. The van der Waals surface area contributed by atoms with Gasteiger partial charge in [-0.15, -0.1) is 11.3 Å². The molecular formula is C37H43N5O7S. The summed E-state index contributed by atoms with van der Waals surface area (Å²) in [7, 11) is 0. The average molecular weight is 702 g/mol. The molecule has 4 aromatic rings. The van der Waals surface area contributed by atoms with Crippen LogP contribution in [-0.2, 0) is 19.2 Å². The lowest BCUT2D eigenvalue weighted by atomic mass is 10.0. The van der Waals surface area contributed by atoms with E-state index in [1.54, 1.807) is 35.6 Å². The van der Waals surface area contributed by atoms with Crippen LogP contribution in [0.3, 0.4) is 0 Å². The van der Waals surface area contributed by atoms with Gasteiger partial charge in [0.25, 0.3) is 5.91 Å². The molecule has 2 aromatic carbocycles. The minimum Gasteiger partial charge on any atom is -0.484 e. The second-order valence-electron chi connectivity index (χ2n) is 11.5. The third-order valence-electron chi connectivity index (χ3n) is 7.64.